The summed E-state index contributed by atoms with van der Waals surface area (Å²) in [5, 5.41) is 11.6. The zero-order valence-corrected chi connectivity index (χ0v) is 21.3. The minimum atomic E-state index is -0.826. The molecule has 1 saturated heterocycles. The number of ketones is 1. The number of hydrogen-bond donors (Lipinski definition) is 1. The van der Waals surface area contributed by atoms with Crippen LogP contribution < -0.4 is 19.1 Å². The molecule has 7 heteroatoms. The molecule has 0 bridgehead atoms. The van der Waals surface area contributed by atoms with Gasteiger partial charge in [0.15, 0.2) is 11.5 Å². The third-order valence-corrected chi connectivity index (χ3v) is 6.82. The molecule has 0 aromatic heterocycles. The number of carbonyl (C=O) groups excluding carboxylic acids is 2. The second kappa shape index (κ2) is 9.65. The van der Waals surface area contributed by atoms with E-state index in [1.807, 2.05) is 63.2 Å². The van der Waals surface area contributed by atoms with Crippen molar-refractivity contribution in [3.63, 3.8) is 0 Å². The Bertz CT molecular complexity index is 1410. The highest BCUT2D eigenvalue weighted by atomic mass is 16.6. The molecule has 2 aliphatic rings. The van der Waals surface area contributed by atoms with Gasteiger partial charge in [0.25, 0.3) is 11.7 Å². The molecule has 1 unspecified atom stereocenters. The number of aryl methyl sites for hydroxylation is 1. The Kier molecular flexibility index (Phi) is 6.38. The summed E-state index contributed by atoms with van der Waals surface area (Å²) in [4.78, 5) is 28.5. The van der Waals surface area contributed by atoms with Crippen molar-refractivity contribution in [2.45, 2.75) is 32.7 Å². The van der Waals surface area contributed by atoms with Crippen LogP contribution in [0.2, 0.25) is 0 Å². The van der Waals surface area contributed by atoms with Crippen molar-refractivity contribution in [2.24, 2.45) is 0 Å². The van der Waals surface area contributed by atoms with Gasteiger partial charge in [-0.05, 0) is 53.8 Å². The molecule has 1 N–H and O–H groups in total. The number of hydrogen-bond acceptors (Lipinski definition) is 6. The van der Waals surface area contributed by atoms with Gasteiger partial charge in [-0.15, -0.1) is 0 Å². The zero-order chi connectivity index (χ0) is 26.3. The predicted octanol–water partition coefficient (Wildman–Crippen LogP) is 5.52. The summed E-state index contributed by atoms with van der Waals surface area (Å²) in [6, 6.07) is 17.2. The number of rotatable bonds is 5. The third-order valence-electron chi connectivity index (χ3n) is 6.82. The van der Waals surface area contributed by atoms with E-state index < -0.39 is 17.7 Å². The predicted molar refractivity (Wildman–Crippen MR) is 140 cm³/mol. The van der Waals surface area contributed by atoms with Gasteiger partial charge in [-0.2, -0.15) is 0 Å². The molecule has 3 aromatic rings. The summed E-state index contributed by atoms with van der Waals surface area (Å²) in [7, 11) is 1.61. The van der Waals surface area contributed by atoms with Crippen molar-refractivity contribution in [3.8, 4) is 17.2 Å². The average molecular weight is 500 g/mol. The molecular weight excluding hydrogens is 470 g/mol. The van der Waals surface area contributed by atoms with Gasteiger partial charge in [-0.25, -0.2) is 0 Å². The van der Waals surface area contributed by atoms with E-state index in [9.17, 15) is 14.7 Å². The van der Waals surface area contributed by atoms with Gasteiger partial charge in [-0.3, -0.25) is 14.5 Å². The number of aliphatic hydroxyl groups excluding tert-OH is 1. The van der Waals surface area contributed by atoms with Crippen LogP contribution in [0.25, 0.3) is 5.76 Å². The summed E-state index contributed by atoms with van der Waals surface area (Å²) in [6.45, 7) is 6.74. The first-order valence-electron chi connectivity index (χ1n) is 12.3. The van der Waals surface area contributed by atoms with Gasteiger partial charge in [0.05, 0.1) is 18.7 Å². The maximum Gasteiger partial charge on any atom is 0.300 e. The lowest BCUT2D eigenvalue weighted by Crippen LogP contribution is -2.29. The summed E-state index contributed by atoms with van der Waals surface area (Å²) in [5.41, 5.74) is 3.34. The molecule has 1 atom stereocenters. The Balaban J connectivity index is 1.71. The largest absolute Gasteiger partial charge is 0.507 e. The van der Waals surface area contributed by atoms with Crippen molar-refractivity contribution < 1.29 is 28.9 Å². The molecule has 2 heterocycles. The Labute approximate surface area is 215 Å². The van der Waals surface area contributed by atoms with E-state index in [1.54, 1.807) is 25.3 Å². The highest BCUT2D eigenvalue weighted by Crippen LogP contribution is 2.45. The number of aliphatic hydroxyl groups is 1. The first kappa shape index (κ1) is 24.4. The minimum absolute atomic E-state index is 0.0362. The van der Waals surface area contributed by atoms with Crippen LogP contribution in [-0.4, -0.2) is 37.1 Å². The number of amides is 1. The Hall–Kier alpha value is -4.26. The smallest absolute Gasteiger partial charge is 0.300 e. The fourth-order valence-corrected chi connectivity index (χ4v) is 4.96. The van der Waals surface area contributed by atoms with Crippen molar-refractivity contribution in [1.82, 2.24) is 0 Å². The van der Waals surface area contributed by atoms with E-state index in [1.165, 1.54) is 4.90 Å². The summed E-state index contributed by atoms with van der Waals surface area (Å²) < 4.78 is 16.9. The Morgan fingerprint density at radius 1 is 1.00 bits per heavy atom. The summed E-state index contributed by atoms with van der Waals surface area (Å²) in [6.07, 6.45) is 0. The highest BCUT2D eigenvalue weighted by Gasteiger charge is 2.47. The van der Waals surface area contributed by atoms with Crippen LogP contribution in [-0.2, 0) is 9.59 Å². The minimum Gasteiger partial charge on any atom is -0.507 e. The molecule has 0 spiro atoms. The SMILES string of the molecule is COc1cc(C)c(/C(O)=C2\C(=O)C(=O)N(c3ccc4c(c3)OCCO4)C2c2ccccc2)cc1C(C)C. The van der Waals surface area contributed by atoms with Gasteiger partial charge in [0.2, 0.25) is 0 Å². The van der Waals surface area contributed by atoms with E-state index in [-0.39, 0.29) is 17.3 Å². The molecule has 190 valence electrons. The second-order valence-corrected chi connectivity index (χ2v) is 9.47. The van der Waals surface area contributed by atoms with Crippen LogP contribution in [0, 0.1) is 6.92 Å². The number of Topliss-reactive ketones (excluding diaryl/α,β-unsaturated/α-hetero) is 1. The molecule has 1 amide bonds. The van der Waals surface area contributed by atoms with Crippen LogP contribution in [0.4, 0.5) is 5.69 Å². The van der Waals surface area contributed by atoms with Crippen LogP contribution >= 0.6 is 0 Å². The van der Waals surface area contributed by atoms with Crippen LogP contribution in [0.3, 0.4) is 0 Å². The standard InChI is InChI=1S/C30H29NO6/c1-17(2)21-16-22(18(3)14-24(21)35-4)28(32)26-27(19-8-6-5-7-9-19)31(30(34)29(26)33)20-10-11-23-25(15-20)37-13-12-36-23/h5-11,14-17,27,32H,12-13H2,1-4H3/b28-26+. The topological polar surface area (TPSA) is 85.3 Å². The molecule has 2 aliphatic heterocycles. The van der Waals surface area contributed by atoms with Gasteiger partial charge < -0.3 is 19.3 Å². The van der Waals surface area contributed by atoms with E-state index >= 15 is 0 Å². The normalized spacial score (nSPS) is 18.4. The number of benzene rings is 3. The quantitative estimate of drug-likeness (QED) is 0.283. The van der Waals surface area contributed by atoms with E-state index in [4.69, 9.17) is 14.2 Å². The van der Waals surface area contributed by atoms with E-state index in [0.29, 0.717) is 47.3 Å². The Morgan fingerprint density at radius 3 is 2.38 bits per heavy atom. The van der Waals surface area contributed by atoms with Crippen molar-refractivity contribution in [1.29, 1.82) is 0 Å². The average Bonchev–Trinajstić information content (AvgIpc) is 3.18. The lowest BCUT2D eigenvalue weighted by Gasteiger charge is -2.27. The van der Waals surface area contributed by atoms with Crippen molar-refractivity contribution in [3.05, 3.63) is 88.5 Å². The molecule has 1 fully saturated rings. The Morgan fingerprint density at radius 2 is 1.70 bits per heavy atom. The van der Waals surface area contributed by atoms with E-state index in [2.05, 4.69) is 0 Å². The number of fused-ring (bicyclic) bond motifs is 1. The molecule has 0 aliphatic carbocycles. The maximum absolute atomic E-state index is 13.5. The second-order valence-electron chi connectivity index (χ2n) is 9.47. The zero-order valence-electron chi connectivity index (χ0n) is 21.3. The van der Waals surface area contributed by atoms with Gasteiger partial charge >= 0.3 is 0 Å². The van der Waals surface area contributed by atoms with E-state index in [0.717, 1.165) is 11.1 Å². The van der Waals surface area contributed by atoms with Crippen molar-refractivity contribution >= 4 is 23.1 Å². The van der Waals surface area contributed by atoms with Crippen LogP contribution in [0.1, 0.15) is 48.1 Å². The fraction of sp³-hybridized carbons (Fsp3) is 0.267. The number of nitrogens with zero attached hydrogens (tertiary/aromatic N) is 1. The molecule has 5 rings (SSSR count). The first-order chi connectivity index (χ1) is 17.8. The third kappa shape index (κ3) is 4.20. The van der Waals surface area contributed by atoms with Gasteiger partial charge in [0, 0.05) is 17.3 Å². The summed E-state index contributed by atoms with van der Waals surface area (Å²) in [5.74, 6) is 0.231. The monoisotopic (exact) mass is 499 g/mol. The maximum atomic E-state index is 13.5. The van der Waals surface area contributed by atoms with Crippen LogP contribution in [0.15, 0.2) is 66.2 Å². The molecule has 7 nitrogen and oxygen atoms in total. The molecular formula is C30H29NO6. The number of ether oxygens (including phenoxy) is 3. The lowest BCUT2D eigenvalue weighted by molar-refractivity contribution is -0.132. The molecule has 0 saturated carbocycles. The van der Waals surface area contributed by atoms with Gasteiger partial charge in [-0.1, -0.05) is 44.2 Å². The number of anilines is 1. The van der Waals surface area contributed by atoms with Crippen LogP contribution in [0.5, 0.6) is 17.2 Å². The molecule has 37 heavy (non-hydrogen) atoms. The summed E-state index contributed by atoms with van der Waals surface area (Å²) >= 11 is 0. The van der Waals surface area contributed by atoms with Crippen molar-refractivity contribution in [2.75, 3.05) is 25.2 Å². The lowest BCUT2D eigenvalue weighted by atomic mass is 9.91. The first-order valence-corrected chi connectivity index (χ1v) is 12.3. The van der Waals surface area contributed by atoms with Gasteiger partial charge in [0.1, 0.15) is 24.7 Å². The number of methoxy groups -OCH3 is 1. The highest BCUT2D eigenvalue weighted by molar-refractivity contribution is 6.51. The number of carbonyl (C=O) groups is 2. The molecule has 3 aromatic carbocycles. The molecule has 0 radical (unpaired) electrons. The fourth-order valence-electron chi connectivity index (χ4n) is 4.96.